The fraction of sp³-hybridized carbons (Fsp3) is 0.708. The number of aromatic nitrogens is 1. The van der Waals surface area contributed by atoms with Crippen LogP contribution < -0.4 is 4.57 Å². The van der Waals surface area contributed by atoms with Crippen molar-refractivity contribution in [2.75, 3.05) is 0 Å². The minimum atomic E-state index is 1.22. The number of nitrogens with zero attached hydrogens (tertiary/aromatic N) is 1. The second-order valence-electron chi connectivity index (χ2n) is 7.49. The summed E-state index contributed by atoms with van der Waals surface area (Å²) in [5, 5.41) is 0. The molecule has 0 saturated heterocycles. The van der Waals surface area contributed by atoms with Crippen molar-refractivity contribution in [2.45, 2.75) is 103 Å². The number of unbranched alkanes of at least 4 members (excludes halogenated alkanes) is 12. The molecule has 0 aliphatic carbocycles. The Morgan fingerprint density at radius 1 is 0.720 bits per heavy atom. The number of hydrogen-bond acceptors (Lipinski definition) is 0. The van der Waals surface area contributed by atoms with Crippen LogP contribution in [0.5, 0.6) is 0 Å². The van der Waals surface area contributed by atoms with Crippen molar-refractivity contribution in [1.82, 2.24) is 0 Å². The largest absolute Gasteiger partial charge is 0.205 e. The van der Waals surface area contributed by atoms with E-state index in [9.17, 15) is 0 Å². The highest BCUT2D eigenvalue weighted by molar-refractivity contribution is 4.97. The van der Waals surface area contributed by atoms with Gasteiger partial charge in [-0.05, 0) is 32.1 Å². The van der Waals surface area contributed by atoms with Gasteiger partial charge in [0.1, 0.15) is 7.05 Å². The van der Waals surface area contributed by atoms with Gasteiger partial charge < -0.3 is 0 Å². The summed E-state index contributed by atoms with van der Waals surface area (Å²) in [6.45, 7) is 2.29. The van der Waals surface area contributed by atoms with Gasteiger partial charge in [-0.15, -0.1) is 0 Å². The third-order valence-electron chi connectivity index (χ3n) is 5.11. The van der Waals surface area contributed by atoms with Gasteiger partial charge in [0.25, 0.3) is 0 Å². The van der Waals surface area contributed by atoms with E-state index in [0.29, 0.717) is 0 Å². The molecule has 0 atom stereocenters. The van der Waals surface area contributed by atoms with Crippen LogP contribution in [-0.2, 0) is 13.5 Å². The average Bonchev–Trinajstić information content (AvgIpc) is 2.63. The molecule has 1 heterocycles. The zero-order valence-corrected chi connectivity index (χ0v) is 17.0. The lowest BCUT2D eigenvalue weighted by molar-refractivity contribution is -0.679. The summed E-state index contributed by atoms with van der Waals surface area (Å²) >= 11 is 0. The first-order chi connectivity index (χ1) is 12.3. The van der Waals surface area contributed by atoms with Gasteiger partial charge in [0.15, 0.2) is 11.9 Å². The number of pyridine rings is 1. The van der Waals surface area contributed by atoms with E-state index in [1.54, 1.807) is 0 Å². The first-order valence-electron chi connectivity index (χ1n) is 10.9. The van der Waals surface area contributed by atoms with Crippen molar-refractivity contribution in [3.63, 3.8) is 0 Å². The van der Waals surface area contributed by atoms with E-state index in [1.807, 2.05) is 0 Å². The standard InChI is InChI=1S/C24H42N/c1-3-4-5-6-7-8-9-10-11-12-13-14-15-16-17-18-21-24-22-19-20-23-25(24)2/h10-11,19-20,22-23H,3-9,12-18,21H2,1-2H3/q+1/b11-10-. The van der Waals surface area contributed by atoms with Gasteiger partial charge in [0, 0.05) is 18.6 Å². The van der Waals surface area contributed by atoms with E-state index in [1.165, 1.54) is 102 Å². The van der Waals surface area contributed by atoms with Crippen molar-refractivity contribution in [1.29, 1.82) is 0 Å². The molecule has 0 saturated carbocycles. The van der Waals surface area contributed by atoms with Gasteiger partial charge in [-0.3, -0.25) is 0 Å². The van der Waals surface area contributed by atoms with E-state index in [2.05, 4.69) is 55.1 Å². The van der Waals surface area contributed by atoms with Gasteiger partial charge in [0.2, 0.25) is 0 Å². The predicted molar refractivity (Wildman–Crippen MR) is 111 cm³/mol. The molecule has 0 N–H and O–H groups in total. The molecule has 0 unspecified atom stereocenters. The number of aryl methyl sites for hydroxylation is 2. The molecule has 1 aromatic rings. The third kappa shape index (κ3) is 12.8. The summed E-state index contributed by atoms with van der Waals surface area (Å²) in [7, 11) is 2.15. The smallest absolute Gasteiger partial charge is 0.181 e. The maximum Gasteiger partial charge on any atom is 0.181 e. The highest BCUT2D eigenvalue weighted by atomic mass is 14.9. The van der Waals surface area contributed by atoms with Crippen LogP contribution in [0.4, 0.5) is 0 Å². The number of allylic oxidation sites excluding steroid dienone is 2. The Hall–Kier alpha value is -1.11. The minimum absolute atomic E-state index is 1.22. The minimum Gasteiger partial charge on any atom is -0.205 e. The van der Waals surface area contributed by atoms with E-state index in [4.69, 9.17) is 0 Å². The van der Waals surface area contributed by atoms with Crippen LogP contribution in [0, 0.1) is 0 Å². The van der Waals surface area contributed by atoms with Crippen LogP contribution in [0.15, 0.2) is 36.5 Å². The molecule has 0 bridgehead atoms. The molecule has 1 rings (SSSR count). The average molecular weight is 345 g/mol. The van der Waals surface area contributed by atoms with Crippen LogP contribution in [0.3, 0.4) is 0 Å². The normalized spacial score (nSPS) is 11.4. The third-order valence-corrected chi connectivity index (χ3v) is 5.11. The highest BCUT2D eigenvalue weighted by Crippen LogP contribution is 2.10. The van der Waals surface area contributed by atoms with Crippen LogP contribution in [0.25, 0.3) is 0 Å². The predicted octanol–water partition coefficient (Wildman–Crippen LogP) is 7.09. The molecule has 25 heavy (non-hydrogen) atoms. The van der Waals surface area contributed by atoms with Crippen LogP contribution in [0.2, 0.25) is 0 Å². The van der Waals surface area contributed by atoms with Crippen molar-refractivity contribution in [3.8, 4) is 0 Å². The fourth-order valence-electron chi connectivity index (χ4n) is 3.37. The first kappa shape index (κ1) is 21.9. The van der Waals surface area contributed by atoms with Crippen LogP contribution in [0.1, 0.15) is 103 Å². The first-order valence-corrected chi connectivity index (χ1v) is 10.9. The van der Waals surface area contributed by atoms with Crippen molar-refractivity contribution < 1.29 is 4.57 Å². The lowest BCUT2D eigenvalue weighted by atomic mass is 10.1. The van der Waals surface area contributed by atoms with Gasteiger partial charge in [-0.1, -0.05) is 82.9 Å². The Bertz CT molecular complexity index is 435. The maximum atomic E-state index is 2.42. The highest BCUT2D eigenvalue weighted by Gasteiger charge is 2.03. The number of rotatable bonds is 16. The van der Waals surface area contributed by atoms with Gasteiger partial charge in [-0.2, -0.15) is 0 Å². The SMILES string of the molecule is CCCCCCCC/C=C\CCCCCCCCc1cccc[n+]1C. The molecule has 0 aliphatic heterocycles. The Morgan fingerprint density at radius 2 is 1.28 bits per heavy atom. The molecule has 0 aliphatic rings. The maximum absolute atomic E-state index is 2.42. The molecular weight excluding hydrogens is 302 g/mol. The quantitative estimate of drug-likeness (QED) is 0.171. The molecule has 1 aromatic heterocycles. The second kappa shape index (κ2) is 16.4. The van der Waals surface area contributed by atoms with Crippen molar-refractivity contribution in [3.05, 3.63) is 42.2 Å². The molecule has 0 spiro atoms. The summed E-state index contributed by atoms with van der Waals surface area (Å²) < 4.78 is 2.25. The van der Waals surface area contributed by atoms with Gasteiger partial charge >= 0.3 is 0 Å². The van der Waals surface area contributed by atoms with Crippen LogP contribution >= 0.6 is 0 Å². The summed E-state index contributed by atoms with van der Waals surface area (Å²) in [6, 6.07) is 6.50. The molecule has 142 valence electrons. The monoisotopic (exact) mass is 344 g/mol. The Kier molecular flexibility index (Phi) is 14.4. The molecule has 0 fully saturated rings. The fourth-order valence-corrected chi connectivity index (χ4v) is 3.37. The Morgan fingerprint density at radius 3 is 1.88 bits per heavy atom. The zero-order valence-electron chi connectivity index (χ0n) is 17.0. The van der Waals surface area contributed by atoms with Gasteiger partial charge in [-0.25, -0.2) is 4.57 Å². The summed E-state index contributed by atoms with van der Waals surface area (Å²) in [5.41, 5.74) is 1.46. The topological polar surface area (TPSA) is 3.88 Å². The van der Waals surface area contributed by atoms with E-state index < -0.39 is 0 Å². The second-order valence-corrected chi connectivity index (χ2v) is 7.49. The molecule has 1 nitrogen and oxygen atoms in total. The molecule has 0 aromatic carbocycles. The summed E-state index contributed by atoms with van der Waals surface area (Å²) in [6.07, 6.45) is 27.5. The molecule has 0 radical (unpaired) electrons. The van der Waals surface area contributed by atoms with Gasteiger partial charge in [0.05, 0.1) is 0 Å². The van der Waals surface area contributed by atoms with E-state index in [-0.39, 0.29) is 0 Å². The Labute approximate surface area is 157 Å². The molecular formula is C24H42N+. The summed E-state index contributed by atoms with van der Waals surface area (Å²) in [4.78, 5) is 0. The zero-order chi connectivity index (χ0) is 18.0. The van der Waals surface area contributed by atoms with Crippen molar-refractivity contribution in [2.24, 2.45) is 7.05 Å². The summed E-state index contributed by atoms with van der Waals surface area (Å²) in [5.74, 6) is 0. The van der Waals surface area contributed by atoms with E-state index >= 15 is 0 Å². The lowest BCUT2D eigenvalue weighted by Gasteiger charge is -2.01. The van der Waals surface area contributed by atoms with E-state index in [0.717, 1.165) is 0 Å². The lowest BCUT2D eigenvalue weighted by Crippen LogP contribution is -2.32. The molecule has 1 heteroatoms. The van der Waals surface area contributed by atoms with Crippen molar-refractivity contribution >= 4 is 0 Å². The number of hydrogen-bond donors (Lipinski definition) is 0. The van der Waals surface area contributed by atoms with Crippen LogP contribution in [-0.4, -0.2) is 0 Å². The Balaban J connectivity index is 1.81. The molecule has 0 amide bonds.